The number of rotatable bonds is 4. The predicted molar refractivity (Wildman–Crippen MR) is 86.2 cm³/mol. The average molecular weight is 316 g/mol. The maximum atomic E-state index is 12.9. The third kappa shape index (κ3) is 2.06. The Kier molecular flexibility index (Phi) is 3.73. The van der Waals surface area contributed by atoms with Gasteiger partial charge in [-0.25, -0.2) is 0 Å². The molecule has 0 amide bonds. The third-order valence-corrected chi connectivity index (χ3v) is 3.67. The molecule has 0 unspecified atom stereocenters. The Morgan fingerprint density at radius 1 is 0.783 bits per heavy atom. The van der Waals surface area contributed by atoms with Crippen molar-refractivity contribution in [3.8, 4) is 23.0 Å². The first kappa shape index (κ1) is 15.0. The zero-order valence-electron chi connectivity index (χ0n) is 13.3. The van der Waals surface area contributed by atoms with E-state index in [4.69, 9.17) is 23.4 Å². The molecule has 3 aromatic rings. The van der Waals surface area contributed by atoms with Crippen LogP contribution in [0.4, 0.5) is 0 Å². The molecule has 6 heteroatoms. The van der Waals surface area contributed by atoms with Gasteiger partial charge in [0.1, 0.15) is 11.0 Å². The van der Waals surface area contributed by atoms with Gasteiger partial charge in [0.15, 0.2) is 11.3 Å². The fraction of sp³-hybridized carbons (Fsp3) is 0.235. The van der Waals surface area contributed by atoms with Crippen molar-refractivity contribution in [2.45, 2.75) is 0 Å². The molecule has 2 aromatic carbocycles. The monoisotopic (exact) mass is 316 g/mol. The van der Waals surface area contributed by atoms with E-state index in [1.165, 1.54) is 28.4 Å². The third-order valence-electron chi connectivity index (χ3n) is 3.67. The molecule has 0 saturated heterocycles. The summed E-state index contributed by atoms with van der Waals surface area (Å²) >= 11 is 0. The number of ether oxygens (including phenoxy) is 4. The molecule has 1 aromatic heterocycles. The van der Waals surface area contributed by atoms with E-state index >= 15 is 0 Å². The van der Waals surface area contributed by atoms with Crippen LogP contribution < -0.4 is 24.4 Å². The van der Waals surface area contributed by atoms with Crippen LogP contribution in [-0.4, -0.2) is 28.4 Å². The highest BCUT2D eigenvalue weighted by Gasteiger charge is 2.27. The van der Waals surface area contributed by atoms with Crippen LogP contribution in [0.2, 0.25) is 0 Å². The Morgan fingerprint density at radius 3 is 1.96 bits per heavy atom. The quantitative estimate of drug-likeness (QED) is 0.689. The molecule has 0 fully saturated rings. The van der Waals surface area contributed by atoms with E-state index in [2.05, 4.69) is 0 Å². The van der Waals surface area contributed by atoms with Crippen molar-refractivity contribution < 1.29 is 23.4 Å². The van der Waals surface area contributed by atoms with Crippen molar-refractivity contribution in [2.24, 2.45) is 0 Å². The van der Waals surface area contributed by atoms with E-state index in [-0.39, 0.29) is 33.6 Å². The normalized spacial score (nSPS) is 10.8. The highest BCUT2D eigenvalue weighted by molar-refractivity contribution is 6.00. The van der Waals surface area contributed by atoms with Crippen LogP contribution in [0.5, 0.6) is 23.0 Å². The number of hydrogen-bond donors (Lipinski definition) is 0. The van der Waals surface area contributed by atoms with Crippen LogP contribution in [-0.2, 0) is 0 Å². The van der Waals surface area contributed by atoms with Gasteiger partial charge >= 0.3 is 0 Å². The molecule has 0 aliphatic rings. The molecule has 0 aliphatic heterocycles. The summed E-state index contributed by atoms with van der Waals surface area (Å²) in [6.45, 7) is 0. The van der Waals surface area contributed by atoms with Crippen LogP contribution in [0.1, 0.15) is 0 Å². The lowest BCUT2D eigenvalue weighted by Crippen LogP contribution is -2.07. The fourth-order valence-electron chi connectivity index (χ4n) is 2.68. The Bertz CT molecular complexity index is 941. The van der Waals surface area contributed by atoms with Crippen molar-refractivity contribution in [2.75, 3.05) is 28.4 Å². The Hall–Kier alpha value is -2.89. The van der Waals surface area contributed by atoms with Crippen LogP contribution >= 0.6 is 0 Å². The van der Waals surface area contributed by atoms with Gasteiger partial charge in [-0.2, -0.15) is 0 Å². The summed E-state index contributed by atoms with van der Waals surface area (Å²) < 4.78 is 27.4. The molecule has 0 N–H and O–H groups in total. The lowest BCUT2D eigenvalue weighted by Gasteiger charge is -2.17. The summed E-state index contributed by atoms with van der Waals surface area (Å²) in [5, 5.41) is 0.702. The topological polar surface area (TPSA) is 67.1 Å². The van der Waals surface area contributed by atoms with E-state index in [1.807, 2.05) is 0 Å². The van der Waals surface area contributed by atoms with E-state index in [0.29, 0.717) is 16.7 Å². The molecule has 23 heavy (non-hydrogen) atoms. The highest BCUT2D eigenvalue weighted by atomic mass is 16.5. The van der Waals surface area contributed by atoms with Gasteiger partial charge in [-0.1, -0.05) is 12.1 Å². The average Bonchev–Trinajstić information content (AvgIpc) is 2.59. The standard InChI is InChI=1S/C17H16O6/c1-19-13-11-12(18)9-7-5-6-8-10(9)23-14(11)16(21-3)17(22-4)15(13)20-2/h5-8H,1-4H3. The maximum Gasteiger partial charge on any atom is 0.211 e. The molecule has 0 spiro atoms. The van der Waals surface area contributed by atoms with Crippen LogP contribution in [0.25, 0.3) is 21.9 Å². The molecule has 0 atom stereocenters. The van der Waals surface area contributed by atoms with Gasteiger partial charge in [0.05, 0.1) is 33.8 Å². The summed E-state index contributed by atoms with van der Waals surface area (Å²) in [6, 6.07) is 6.99. The first-order valence-corrected chi connectivity index (χ1v) is 6.89. The zero-order chi connectivity index (χ0) is 16.6. The van der Waals surface area contributed by atoms with Crippen molar-refractivity contribution >= 4 is 21.9 Å². The summed E-state index contributed by atoms with van der Waals surface area (Å²) in [5.41, 5.74) is 0.487. The van der Waals surface area contributed by atoms with Crippen molar-refractivity contribution in [3.05, 3.63) is 34.5 Å². The van der Waals surface area contributed by atoms with Gasteiger partial charge in [-0.3, -0.25) is 4.79 Å². The van der Waals surface area contributed by atoms with Gasteiger partial charge in [0.2, 0.25) is 22.7 Å². The van der Waals surface area contributed by atoms with Gasteiger partial charge < -0.3 is 23.4 Å². The Labute approximate surface area is 132 Å². The molecular weight excluding hydrogens is 300 g/mol. The van der Waals surface area contributed by atoms with E-state index in [0.717, 1.165) is 0 Å². The zero-order valence-corrected chi connectivity index (χ0v) is 13.3. The van der Waals surface area contributed by atoms with E-state index in [9.17, 15) is 4.79 Å². The fourth-order valence-corrected chi connectivity index (χ4v) is 2.68. The lowest BCUT2D eigenvalue weighted by molar-refractivity contribution is 0.307. The molecule has 0 bridgehead atoms. The van der Waals surface area contributed by atoms with Crippen LogP contribution in [0.15, 0.2) is 33.5 Å². The maximum absolute atomic E-state index is 12.9. The first-order chi connectivity index (χ1) is 11.2. The molecule has 6 nitrogen and oxygen atoms in total. The largest absolute Gasteiger partial charge is 0.492 e. The highest BCUT2D eigenvalue weighted by Crippen LogP contribution is 2.50. The predicted octanol–water partition coefficient (Wildman–Crippen LogP) is 2.98. The minimum atomic E-state index is -0.224. The first-order valence-electron chi connectivity index (χ1n) is 6.89. The second-order valence-corrected chi connectivity index (χ2v) is 4.76. The number of fused-ring (bicyclic) bond motifs is 2. The van der Waals surface area contributed by atoms with E-state index < -0.39 is 0 Å². The molecule has 3 rings (SSSR count). The van der Waals surface area contributed by atoms with Crippen LogP contribution in [0, 0.1) is 0 Å². The minimum absolute atomic E-state index is 0.224. The second-order valence-electron chi connectivity index (χ2n) is 4.76. The SMILES string of the molecule is COc1c(OC)c(OC)c2c(=O)c3ccccc3oc2c1OC. The number of hydrogen-bond acceptors (Lipinski definition) is 6. The van der Waals surface area contributed by atoms with Crippen molar-refractivity contribution in [1.82, 2.24) is 0 Å². The lowest BCUT2D eigenvalue weighted by atomic mass is 10.1. The molecule has 1 heterocycles. The summed E-state index contributed by atoms with van der Waals surface area (Å²) in [6.07, 6.45) is 0. The molecule has 0 radical (unpaired) electrons. The number of methoxy groups -OCH3 is 4. The van der Waals surface area contributed by atoms with Crippen molar-refractivity contribution in [3.63, 3.8) is 0 Å². The van der Waals surface area contributed by atoms with E-state index in [1.54, 1.807) is 24.3 Å². The summed E-state index contributed by atoms with van der Waals surface area (Å²) in [7, 11) is 5.87. The Balaban J connectivity index is 2.65. The van der Waals surface area contributed by atoms with Gasteiger partial charge in [-0.05, 0) is 12.1 Å². The summed E-state index contributed by atoms with van der Waals surface area (Å²) in [5.74, 6) is 1.11. The molecule has 0 aliphatic carbocycles. The van der Waals surface area contributed by atoms with Gasteiger partial charge in [0, 0.05) is 0 Å². The minimum Gasteiger partial charge on any atom is -0.492 e. The van der Waals surface area contributed by atoms with Crippen LogP contribution in [0.3, 0.4) is 0 Å². The molecule has 0 saturated carbocycles. The number of benzene rings is 2. The molecule has 120 valence electrons. The Morgan fingerprint density at radius 2 is 1.35 bits per heavy atom. The smallest absolute Gasteiger partial charge is 0.211 e. The van der Waals surface area contributed by atoms with Gasteiger partial charge in [0.25, 0.3) is 0 Å². The molecular formula is C17H16O6. The number of para-hydroxylation sites is 1. The van der Waals surface area contributed by atoms with Crippen molar-refractivity contribution in [1.29, 1.82) is 0 Å². The van der Waals surface area contributed by atoms with Gasteiger partial charge in [-0.15, -0.1) is 0 Å². The summed E-state index contributed by atoms with van der Waals surface area (Å²) in [4.78, 5) is 12.9. The second kappa shape index (κ2) is 5.72.